The second-order valence-corrected chi connectivity index (χ2v) is 19.5. The van der Waals surface area contributed by atoms with E-state index < -0.39 is 39.4 Å². The first-order valence-corrected chi connectivity index (χ1v) is 25.9. The monoisotopic (exact) mass is 1040 g/mol. The van der Waals surface area contributed by atoms with Crippen molar-refractivity contribution in [2.24, 2.45) is 22.9 Å². The molecule has 0 saturated heterocycles. The molecule has 1 fully saturated rings. The summed E-state index contributed by atoms with van der Waals surface area (Å²) in [5, 5.41) is 50.2. The van der Waals surface area contributed by atoms with Gasteiger partial charge in [0.25, 0.3) is 11.4 Å². The van der Waals surface area contributed by atoms with Crippen molar-refractivity contribution in [3.8, 4) is 17.2 Å². The number of benzene rings is 6. The molecule has 396 valence electrons. The van der Waals surface area contributed by atoms with Crippen molar-refractivity contribution in [3.05, 3.63) is 212 Å². The van der Waals surface area contributed by atoms with Crippen molar-refractivity contribution in [2.75, 3.05) is 19.8 Å². The molecule has 6 aromatic carbocycles. The third kappa shape index (κ3) is 11.9. The SMILES string of the molecule is C=CCOC12Oc3ccc(Oc4cccc(C=O)c4)cc3C3C(CCCCO)C(CCCCO)C=C(C(=NOCc4ccc([N+](=O)[O-])cc4)CC1N(Cc1cccc4ccccc14)C(=O)C=Cc1ccc([N+](=O)[O-])cc1)C32. The Morgan fingerprint density at radius 2 is 1.52 bits per heavy atom. The predicted octanol–water partition coefficient (Wildman–Crippen LogP) is 11.8. The van der Waals surface area contributed by atoms with E-state index in [0.717, 1.165) is 40.2 Å². The Morgan fingerprint density at radius 1 is 0.818 bits per heavy atom. The Kier molecular flexibility index (Phi) is 17.1. The van der Waals surface area contributed by atoms with Gasteiger partial charge in [0.05, 0.1) is 28.1 Å². The molecule has 0 bridgehead atoms. The van der Waals surface area contributed by atoms with Crippen LogP contribution in [-0.2, 0) is 27.5 Å². The fourth-order valence-corrected chi connectivity index (χ4v) is 11.3. The molecule has 2 aliphatic carbocycles. The lowest BCUT2D eigenvalue weighted by atomic mass is 9.55. The van der Waals surface area contributed by atoms with E-state index in [1.807, 2.05) is 54.6 Å². The van der Waals surface area contributed by atoms with Gasteiger partial charge in [-0.15, -0.1) is 6.58 Å². The number of fused-ring (bicyclic) bond motifs is 3. The first-order chi connectivity index (χ1) is 37.5. The molecule has 1 amide bonds. The van der Waals surface area contributed by atoms with Crippen molar-refractivity contribution < 1.29 is 48.7 Å². The summed E-state index contributed by atoms with van der Waals surface area (Å²) in [6.45, 7) is 4.17. The number of amides is 1. The standard InChI is InChI=1S/C61H60N4O12/c1-2-33-74-61-57(63(38-46-15-10-14-44-12-3-4-17-51(44)46)58(69)30-23-41-19-24-47(25-20-41)64(70)71)37-55(62-75-40-42-21-26-48(27-22-42)65(72)73)53-35-45(13-5-7-31-66)52(18-6-8-32-67)59(60(53)61)54-36-50(28-29-56(54)77-61)76-49-16-9-11-43(34-49)39-68/h2-4,9-12,14-17,19-30,34-36,39,45,52,57,59-60,66-67H,1,5-8,13,18,31-33,37-38,40H2. The number of ether oxygens (including phenoxy) is 3. The quantitative estimate of drug-likeness (QED) is 0.0145. The molecule has 0 radical (unpaired) electrons. The zero-order valence-electron chi connectivity index (χ0n) is 42.4. The molecule has 6 atom stereocenters. The van der Waals surface area contributed by atoms with Crippen LogP contribution in [0.25, 0.3) is 16.8 Å². The third-order valence-electron chi connectivity index (χ3n) is 14.8. The third-order valence-corrected chi connectivity index (χ3v) is 14.8. The summed E-state index contributed by atoms with van der Waals surface area (Å²) < 4.78 is 21.3. The zero-order valence-corrected chi connectivity index (χ0v) is 42.4. The minimum Gasteiger partial charge on any atom is -0.459 e. The highest BCUT2D eigenvalue weighted by Gasteiger charge is 2.65. The van der Waals surface area contributed by atoms with E-state index in [4.69, 9.17) is 24.2 Å². The van der Waals surface area contributed by atoms with Crippen LogP contribution in [0.3, 0.4) is 0 Å². The fourth-order valence-electron chi connectivity index (χ4n) is 11.3. The lowest BCUT2D eigenvalue weighted by molar-refractivity contribution is -0.385. The second kappa shape index (κ2) is 24.6. The molecule has 0 aromatic heterocycles. The maximum atomic E-state index is 15.6. The van der Waals surface area contributed by atoms with Gasteiger partial charge >= 0.3 is 0 Å². The maximum Gasteiger partial charge on any atom is 0.269 e. The minimum atomic E-state index is -1.64. The molecule has 6 aromatic rings. The molecule has 16 nitrogen and oxygen atoms in total. The van der Waals surface area contributed by atoms with E-state index in [-0.39, 0.29) is 62.6 Å². The van der Waals surface area contributed by atoms with Gasteiger partial charge in [-0.2, -0.15) is 0 Å². The summed E-state index contributed by atoms with van der Waals surface area (Å²) >= 11 is 0. The molecule has 16 heteroatoms. The smallest absolute Gasteiger partial charge is 0.269 e. The molecule has 6 unspecified atom stereocenters. The van der Waals surface area contributed by atoms with Crippen LogP contribution in [0.2, 0.25) is 0 Å². The number of aldehydes is 1. The van der Waals surface area contributed by atoms with Crippen LogP contribution < -0.4 is 9.47 Å². The van der Waals surface area contributed by atoms with E-state index in [2.05, 4.69) is 12.7 Å². The van der Waals surface area contributed by atoms with Crippen LogP contribution in [0.4, 0.5) is 11.4 Å². The molecule has 9 rings (SSSR count). The summed E-state index contributed by atoms with van der Waals surface area (Å²) in [5.74, 6) is -1.86. The predicted molar refractivity (Wildman–Crippen MR) is 291 cm³/mol. The Balaban J connectivity index is 1.26. The van der Waals surface area contributed by atoms with Crippen molar-refractivity contribution in [3.63, 3.8) is 0 Å². The van der Waals surface area contributed by atoms with Crippen molar-refractivity contribution in [1.82, 2.24) is 4.90 Å². The molecule has 0 spiro atoms. The number of nitro benzene ring substituents is 2. The highest BCUT2D eigenvalue weighted by molar-refractivity contribution is 6.03. The topological polar surface area (TPSA) is 213 Å². The average molecular weight is 1040 g/mol. The number of hydrogen-bond donors (Lipinski definition) is 2. The van der Waals surface area contributed by atoms with Gasteiger partial charge < -0.3 is 34.2 Å². The molecule has 2 N–H and O–H groups in total. The molecular formula is C61H60N4O12. The number of unbranched alkanes of at least 4 members (excludes halogenated alkanes) is 2. The van der Waals surface area contributed by atoms with Crippen molar-refractivity contribution in [2.45, 2.75) is 75.8 Å². The number of hydrogen-bond acceptors (Lipinski definition) is 13. The highest BCUT2D eigenvalue weighted by Crippen LogP contribution is 2.62. The van der Waals surface area contributed by atoms with Gasteiger partial charge in [-0.3, -0.25) is 29.8 Å². The van der Waals surface area contributed by atoms with Crippen molar-refractivity contribution in [1.29, 1.82) is 0 Å². The zero-order chi connectivity index (χ0) is 53.9. The summed E-state index contributed by atoms with van der Waals surface area (Å²) in [7, 11) is 0. The van der Waals surface area contributed by atoms with Gasteiger partial charge in [-0.25, -0.2) is 0 Å². The maximum absolute atomic E-state index is 15.6. The number of carbonyl (C=O) groups excluding carboxylic acids is 2. The average Bonchev–Trinajstić information content (AvgIpc) is 3.61. The van der Waals surface area contributed by atoms with Gasteiger partial charge in [0.2, 0.25) is 11.7 Å². The number of aliphatic hydroxyl groups is 2. The molecule has 3 aliphatic rings. The first-order valence-electron chi connectivity index (χ1n) is 25.9. The number of rotatable bonds is 24. The van der Waals surface area contributed by atoms with E-state index in [9.17, 15) is 35.2 Å². The number of aliphatic hydroxyl groups excluding tert-OH is 2. The Bertz CT molecular complexity index is 3210. The van der Waals surface area contributed by atoms with Gasteiger partial charge in [0.15, 0.2) is 0 Å². The fraction of sp³-hybridized carbons (Fsp3) is 0.295. The molecular weight excluding hydrogens is 981 g/mol. The van der Waals surface area contributed by atoms with Gasteiger partial charge in [-0.05, 0) is 131 Å². The van der Waals surface area contributed by atoms with E-state index in [0.29, 0.717) is 71.8 Å². The highest BCUT2D eigenvalue weighted by atomic mass is 16.7. The number of carbonyl (C=O) groups is 2. The van der Waals surface area contributed by atoms with E-state index in [1.165, 1.54) is 30.3 Å². The number of non-ortho nitro benzene ring substituents is 2. The van der Waals surface area contributed by atoms with Gasteiger partial charge in [0.1, 0.15) is 36.2 Å². The van der Waals surface area contributed by atoms with Crippen LogP contribution in [0.1, 0.15) is 83.5 Å². The Labute approximate surface area is 445 Å². The largest absolute Gasteiger partial charge is 0.459 e. The minimum absolute atomic E-state index is 0.00458. The number of allylic oxidation sites excluding steroid dienone is 1. The summed E-state index contributed by atoms with van der Waals surface area (Å²) in [5.41, 5.74) is 4.49. The molecule has 1 aliphatic heterocycles. The van der Waals surface area contributed by atoms with Gasteiger partial charge in [-0.1, -0.05) is 84.7 Å². The molecule has 1 heterocycles. The van der Waals surface area contributed by atoms with Crippen LogP contribution in [-0.4, -0.2) is 74.5 Å². The van der Waals surface area contributed by atoms with E-state index >= 15 is 4.79 Å². The summed E-state index contributed by atoms with van der Waals surface area (Å²) in [6.07, 6.45) is 11.7. The van der Waals surface area contributed by atoms with Gasteiger partial charge in [0, 0.05) is 73.6 Å². The Morgan fingerprint density at radius 3 is 2.25 bits per heavy atom. The van der Waals surface area contributed by atoms with Crippen molar-refractivity contribution >= 4 is 46.1 Å². The molecule has 1 saturated carbocycles. The van der Waals surface area contributed by atoms with Crippen LogP contribution >= 0.6 is 0 Å². The second-order valence-electron chi connectivity index (χ2n) is 19.5. The van der Waals surface area contributed by atoms with E-state index in [1.54, 1.807) is 71.6 Å². The Hall–Kier alpha value is -8.31. The molecule has 77 heavy (non-hydrogen) atoms. The van der Waals surface area contributed by atoms with Crippen LogP contribution in [0.15, 0.2) is 169 Å². The normalized spacial score (nSPS) is 20.8. The van der Waals surface area contributed by atoms with Crippen LogP contribution in [0.5, 0.6) is 17.2 Å². The summed E-state index contributed by atoms with van der Waals surface area (Å²) in [4.78, 5) is 57.6. The lowest BCUT2D eigenvalue weighted by Gasteiger charge is -2.60. The lowest BCUT2D eigenvalue weighted by Crippen LogP contribution is -2.70. The number of oxime groups is 1. The first kappa shape index (κ1) is 53.5. The number of nitro groups is 2. The van der Waals surface area contributed by atoms with Crippen LogP contribution in [0, 0.1) is 38.0 Å². The summed E-state index contributed by atoms with van der Waals surface area (Å²) in [6, 6.07) is 37.4. The number of nitrogens with zero attached hydrogens (tertiary/aromatic N) is 4.